The first-order valence-electron chi connectivity index (χ1n) is 40.8. The van der Waals surface area contributed by atoms with E-state index in [2.05, 4.69) is 111 Å². The highest BCUT2D eigenvalue weighted by Crippen LogP contribution is 2.20. The van der Waals surface area contributed by atoms with Gasteiger partial charge in [0, 0.05) is 12.8 Å². The third kappa shape index (κ3) is 79.3. The Morgan fingerprint density at radius 3 is 0.717 bits per heavy atom. The number of carbonyl (C=O) groups is 2. The molecule has 5 nitrogen and oxygen atoms in total. The van der Waals surface area contributed by atoms with Crippen LogP contribution in [0.4, 0.5) is 0 Å². The summed E-state index contributed by atoms with van der Waals surface area (Å²) in [7, 11) is 0. The molecular weight excluding hydrogens is 1120 g/mol. The fraction of sp³-hybridized carbons (Fsp3) is 0.793. The Morgan fingerprint density at radius 1 is 0.261 bits per heavy atom. The summed E-state index contributed by atoms with van der Waals surface area (Å²) in [6.07, 6.45) is 118. The molecule has 0 spiro atoms. The molecule has 1 unspecified atom stereocenters. The molecule has 1 N–H and O–H groups in total. The van der Waals surface area contributed by atoms with Crippen LogP contribution >= 0.6 is 0 Å². The second kappa shape index (κ2) is 82.1. The van der Waals surface area contributed by atoms with Gasteiger partial charge in [0.1, 0.15) is 6.61 Å². The molecule has 0 saturated carbocycles. The van der Waals surface area contributed by atoms with E-state index in [4.69, 9.17) is 9.47 Å². The summed E-state index contributed by atoms with van der Waals surface area (Å²) < 4.78 is 10.8. The standard InChI is InChI=1S/C87H156O5/c1-3-5-7-9-11-13-15-17-19-21-23-25-27-29-31-33-35-37-39-41-43-45-47-49-51-53-55-57-59-61-63-65-67-69-71-73-75-77-79-81-86(89)91-84-85(83-88)92-87(90)82-80-78-76-74-72-70-68-66-64-62-60-58-56-54-52-50-48-46-44-42-40-38-36-34-32-30-28-26-24-22-20-18-16-14-12-10-8-6-4-2/h6,8,12,14,18,20-21,23-24,26,30,32,36,38,42,44,85,88H,3-5,7,9-11,13,15-17,19,22,25,27-29,31,33-35,37,39-41,43,45-84H2,1-2H3/b8-6-,14-12-,20-18-,23-21-,26-24-,32-30-,38-36-,44-42-. The Balaban J connectivity index is 3.40. The predicted octanol–water partition coefficient (Wildman–Crippen LogP) is 28.9. The number of allylic oxidation sites excluding steroid dienone is 16. The summed E-state index contributed by atoms with van der Waals surface area (Å²) in [5, 5.41) is 9.73. The number of carbonyl (C=O) groups excluding carboxylic acids is 2. The van der Waals surface area contributed by atoms with Crippen LogP contribution in [0.2, 0.25) is 0 Å². The van der Waals surface area contributed by atoms with E-state index < -0.39 is 6.10 Å². The third-order valence-corrected chi connectivity index (χ3v) is 18.4. The average molecular weight is 1280 g/mol. The average Bonchev–Trinajstić information content (AvgIpc) is 3.75. The quantitative estimate of drug-likeness (QED) is 0.0373. The number of unbranched alkanes of at least 4 members (excludes halogenated alkanes) is 52. The molecule has 0 aliphatic rings. The van der Waals surface area contributed by atoms with Crippen molar-refractivity contribution in [1.82, 2.24) is 0 Å². The maximum absolute atomic E-state index is 12.4. The number of hydrogen-bond donors (Lipinski definition) is 1. The van der Waals surface area contributed by atoms with Crippen molar-refractivity contribution in [3.05, 3.63) is 97.2 Å². The van der Waals surface area contributed by atoms with Crippen LogP contribution in [0, 0.1) is 0 Å². The van der Waals surface area contributed by atoms with Crippen LogP contribution in [0.1, 0.15) is 425 Å². The normalized spacial score (nSPS) is 12.7. The first-order valence-corrected chi connectivity index (χ1v) is 40.8. The van der Waals surface area contributed by atoms with Gasteiger partial charge in [-0.1, -0.05) is 413 Å². The van der Waals surface area contributed by atoms with Gasteiger partial charge in [0.25, 0.3) is 0 Å². The Morgan fingerprint density at radius 2 is 0.467 bits per heavy atom. The van der Waals surface area contributed by atoms with Crippen LogP contribution in [-0.4, -0.2) is 36.4 Å². The van der Waals surface area contributed by atoms with Gasteiger partial charge in [0.15, 0.2) is 6.10 Å². The summed E-state index contributed by atoms with van der Waals surface area (Å²) in [4.78, 5) is 24.7. The SMILES string of the molecule is CC/C=C\C/C=C\C/C=C\C/C=C\C/C=C\C/C=C\C/C=C\CCCCCCCCCCCCCCCCCCCC(=O)OC(CO)COC(=O)CCCCCCCCCCCCCCCCCCCCCCCCCCCCC/C=C\CCCCCCCCCC. The minimum Gasteiger partial charge on any atom is -0.462 e. The van der Waals surface area contributed by atoms with Crippen molar-refractivity contribution in [2.45, 2.75) is 431 Å². The predicted molar refractivity (Wildman–Crippen MR) is 408 cm³/mol. The highest BCUT2D eigenvalue weighted by Gasteiger charge is 2.16. The zero-order valence-electron chi connectivity index (χ0n) is 61.6. The number of esters is 2. The molecule has 0 aromatic carbocycles. The third-order valence-electron chi connectivity index (χ3n) is 18.4. The number of aliphatic hydroxyl groups is 1. The van der Waals surface area contributed by atoms with Crippen molar-refractivity contribution in [3.8, 4) is 0 Å². The molecule has 92 heavy (non-hydrogen) atoms. The van der Waals surface area contributed by atoms with Gasteiger partial charge in [-0.15, -0.1) is 0 Å². The molecule has 0 aromatic heterocycles. The summed E-state index contributed by atoms with van der Waals surface area (Å²) in [6.45, 7) is 4.08. The highest BCUT2D eigenvalue weighted by molar-refractivity contribution is 5.70. The van der Waals surface area contributed by atoms with E-state index in [9.17, 15) is 14.7 Å². The fourth-order valence-corrected chi connectivity index (χ4v) is 12.3. The smallest absolute Gasteiger partial charge is 0.306 e. The maximum atomic E-state index is 12.4. The number of rotatable bonds is 76. The topological polar surface area (TPSA) is 72.8 Å². The molecular formula is C87H156O5. The molecule has 0 fully saturated rings. The Labute approximate surface area is 574 Å². The van der Waals surface area contributed by atoms with Gasteiger partial charge in [0.2, 0.25) is 0 Å². The second-order valence-electron chi connectivity index (χ2n) is 27.5. The summed E-state index contributed by atoms with van der Waals surface area (Å²) in [6, 6.07) is 0. The molecule has 0 heterocycles. The van der Waals surface area contributed by atoms with Gasteiger partial charge >= 0.3 is 11.9 Å². The van der Waals surface area contributed by atoms with E-state index in [-0.39, 0.29) is 25.2 Å². The van der Waals surface area contributed by atoms with Gasteiger partial charge in [-0.05, 0) is 96.3 Å². The molecule has 0 bridgehead atoms. The van der Waals surface area contributed by atoms with Crippen molar-refractivity contribution >= 4 is 11.9 Å². The van der Waals surface area contributed by atoms with Crippen LogP contribution in [0.25, 0.3) is 0 Å². The lowest BCUT2D eigenvalue weighted by Gasteiger charge is -2.15. The van der Waals surface area contributed by atoms with E-state index in [0.29, 0.717) is 12.8 Å². The van der Waals surface area contributed by atoms with E-state index in [0.717, 1.165) is 83.5 Å². The Bertz CT molecular complexity index is 1700. The zero-order chi connectivity index (χ0) is 66.1. The fourth-order valence-electron chi connectivity index (χ4n) is 12.3. The summed E-state index contributed by atoms with van der Waals surface area (Å²) in [5.74, 6) is -0.570. The minimum absolute atomic E-state index is 0.0628. The lowest BCUT2D eigenvalue weighted by Crippen LogP contribution is -2.28. The van der Waals surface area contributed by atoms with E-state index in [1.165, 1.54) is 315 Å². The van der Waals surface area contributed by atoms with Crippen molar-refractivity contribution in [1.29, 1.82) is 0 Å². The molecule has 0 rings (SSSR count). The van der Waals surface area contributed by atoms with Crippen LogP contribution in [0.3, 0.4) is 0 Å². The van der Waals surface area contributed by atoms with Gasteiger partial charge in [-0.3, -0.25) is 9.59 Å². The number of aliphatic hydroxyl groups excluding tert-OH is 1. The maximum Gasteiger partial charge on any atom is 0.306 e. The first kappa shape index (κ1) is 88.8. The van der Waals surface area contributed by atoms with Gasteiger partial charge in [-0.25, -0.2) is 0 Å². The molecule has 0 aliphatic heterocycles. The lowest BCUT2D eigenvalue weighted by atomic mass is 10.0. The minimum atomic E-state index is -0.775. The van der Waals surface area contributed by atoms with Crippen LogP contribution in [0.15, 0.2) is 97.2 Å². The lowest BCUT2D eigenvalue weighted by molar-refractivity contribution is -0.161. The van der Waals surface area contributed by atoms with E-state index in [1.807, 2.05) is 0 Å². The molecule has 5 heteroatoms. The van der Waals surface area contributed by atoms with Gasteiger partial charge in [-0.2, -0.15) is 0 Å². The van der Waals surface area contributed by atoms with Crippen molar-refractivity contribution < 1.29 is 24.2 Å². The van der Waals surface area contributed by atoms with Crippen LogP contribution < -0.4 is 0 Å². The number of ether oxygens (including phenoxy) is 2. The van der Waals surface area contributed by atoms with Crippen LogP contribution in [0.5, 0.6) is 0 Å². The van der Waals surface area contributed by atoms with Gasteiger partial charge < -0.3 is 14.6 Å². The molecule has 534 valence electrons. The number of hydrogen-bond acceptors (Lipinski definition) is 5. The van der Waals surface area contributed by atoms with Gasteiger partial charge in [0.05, 0.1) is 6.61 Å². The highest BCUT2D eigenvalue weighted by atomic mass is 16.6. The largest absolute Gasteiger partial charge is 0.462 e. The zero-order valence-corrected chi connectivity index (χ0v) is 61.6. The van der Waals surface area contributed by atoms with Crippen LogP contribution in [-0.2, 0) is 19.1 Å². The molecule has 0 aliphatic carbocycles. The molecule has 0 amide bonds. The van der Waals surface area contributed by atoms with E-state index in [1.54, 1.807) is 0 Å². The second-order valence-corrected chi connectivity index (χ2v) is 27.5. The monoisotopic (exact) mass is 1280 g/mol. The molecule has 1 atom stereocenters. The molecule has 0 saturated heterocycles. The van der Waals surface area contributed by atoms with Crippen molar-refractivity contribution in [2.24, 2.45) is 0 Å². The van der Waals surface area contributed by atoms with E-state index >= 15 is 0 Å². The Hall–Kier alpha value is -3.18. The summed E-state index contributed by atoms with van der Waals surface area (Å²) >= 11 is 0. The Kier molecular flexibility index (Phi) is 79.2. The molecule has 0 aromatic rings. The first-order chi connectivity index (χ1) is 45.6. The summed E-state index contributed by atoms with van der Waals surface area (Å²) in [5.41, 5.74) is 0. The molecule has 0 radical (unpaired) electrons. The van der Waals surface area contributed by atoms with Crippen molar-refractivity contribution in [3.63, 3.8) is 0 Å². The van der Waals surface area contributed by atoms with Crippen molar-refractivity contribution in [2.75, 3.05) is 13.2 Å².